The van der Waals surface area contributed by atoms with Crippen LogP contribution in [-0.4, -0.2) is 24.6 Å². The van der Waals surface area contributed by atoms with E-state index < -0.39 is 0 Å². The zero-order valence-corrected chi connectivity index (χ0v) is 10.2. The fourth-order valence-corrected chi connectivity index (χ4v) is 2.08. The molecule has 2 heterocycles. The van der Waals surface area contributed by atoms with Crippen molar-refractivity contribution in [1.29, 1.82) is 0 Å². The van der Waals surface area contributed by atoms with Gasteiger partial charge < -0.3 is 10.6 Å². The summed E-state index contributed by atoms with van der Waals surface area (Å²) in [7, 11) is 0. The summed E-state index contributed by atoms with van der Waals surface area (Å²) in [5.41, 5.74) is 1.62. The first-order chi connectivity index (χ1) is 7.68. The van der Waals surface area contributed by atoms with Gasteiger partial charge in [0.25, 0.3) is 0 Å². The standard InChI is InChI=1S/C13H21N3/c1-11-3-4-12(15-9-11)16-10-13(2)5-7-14-8-6-13/h3-4,9,14H,5-8,10H2,1-2H3,(H,15,16). The van der Waals surface area contributed by atoms with Crippen LogP contribution in [0.4, 0.5) is 5.82 Å². The maximum absolute atomic E-state index is 4.37. The Hall–Kier alpha value is -1.09. The Bertz CT molecular complexity index is 326. The summed E-state index contributed by atoms with van der Waals surface area (Å²) in [5.74, 6) is 0.991. The molecular weight excluding hydrogens is 198 g/mol. The van der Waals surface area contributed by atoms with Crippen LogP contribution in [0.25, 0.3) is 0 Å². The van der Waals surface area contributed by atoms with E-state index in [4.69, 9.17) is 0 Å². The molecule has 0 amide bonds. The van der Waals surface area contributed by atoms with Gasteiger partial charge in [-0.15, -0.1) is 0 Å². The molecule has 1 aliphatic rings. The third kappa shape index (κ3) is 2.95. The van der Waals surface area contributed by atoms with Crippen molar-refractivity contribution in [2.75, 3.05) is 25.0 Å². The highest BCUT2D eigenvalue weighted by Gasteiger charge is 2.26. The number of nitrogens with zero attached hydrogens (tertiary/aromatic N) is 1. The highest BCUT2D eigenvalue weighted by molar-refractivity contribution is 5.35. The molecule has 1 aromatic heterocycles. The summed E-state index contributed by atoms with van der Waals surface area (Å²) in [6, 6.07) is 4.15. The maximum atomic E-state index is 4.37. The molecule has 0 aromatic carbocycles. The van der Waals surface area contributed by atoms with E-state index >= 15 is 0 Å². The second kappa shape index (κ2) is 4.83. The molecule has 3 nitrogen and oxygen atoms in total. The normalized spacial score (nSPS) is 19.4. The average Bonchev–Trinajstić information content (AvgIpc) is 2.29. The zero-order valence-electron chi connectivity index (χ0n) is 10.2. The van der Waals surface area contributed by atoms with Crippen LogP contribution in [0, 0.1) is 12.3 Å². The number of pyridine rings is 1. The number of hydrogen-bond acceptors (Lipinski definition) is 3. The lowest BCUT2D eigenvalue weighted by Crippen LogP contribution is -2.39. The van der Waals surface area contributed by atoms with E-state index in [1.54, 1.807) is 0 Å². The maximum Gasteiger partial charge on any atom is 0.125 e. The SMILES string of the molecule is Cc1ccc(NCC2(C)CCNCC2)nc1. The number of nitrogens with one attached hydrogen (secondary N) is 2. The molecule has 1 aromatic rings. The Morgan fingerprint density at radius 2 is 2.12 bits per heavy atom. The molecule has 88 valence electrons. The lowest BCUT2D eigenvalue weighted by molar-refractivity contribution is 0.247. The Balaban J connectivity index is 1.88. The highest BCUT2D eigenvalue weighted by atomic mass is 15.0. The second-order valence-corrected chi connectivity index (χ2v) is 5.14. The van der Waals surface area contributed by atoms with Crippen LogP contribution < -0.4 is 10.6 Å². The molecule has 0 saturated carbocycles. The number of piperidine rings is 1. The van der Waals surface area contributed by atoms with Crippen molar-refractivity contribution in [2.24, 2.45) is 5.41 Å². The fourth-order valence-electron chi connectivity index (χ4n) is 2.08. The van der Waals surface area contributed by atoms with Gasteiger partial charge in [0.2, 0.25) is 0 Å². The molecular formula is C13H21N3. The molecule has 0 atom stereocenters. The van der Waals surface area contributed by atoms with Gasteiger partial charge in [-0.05, 0) is 49.9 Å². The van der Waals surface area contributed by atoms with E-state index in [9.17, 15) is 0 Å². The van der Waals surface area contributed by atoms with E-state index in [0.29, 0.717) is 5.41 Å². The molecule has 0 bridgehead atoms. The number of aryl methyl sites for hydroxylation is 1. The van der Waals surface area contributed by atoms with Gasteiger partial charge in [0.05, 0.1) is 0 Å². The van der Waals surface area contributed by atoms with E-state index in [1.165, 1.54) is 18.4 Å². The Kier molecular flexibility index (Phi) is 3.44. The Morgan fingerprint density at radius 3 is 2.75 bits per heavy atom. The smallest absolute Gasteiger partial charge is 0.125 e. The minimum Gasteiger partial charge on any atom is -0.370 e. The molecule has 1 aliphatic heterocycles. The van der Waals surface area contributed by atoms with E-state index in [-0.39, 0.29) is 0 Å². The van der Waals surface area contributed by atoms with Crippen molar-refractivity contribution in [3.8, 4) is 0 Å². The van der Waals surface area contributed by atoms with Gasteiger partial charge in [-0.2, -0.15) is 0 Å². The summed E-state index contributed by atoms with van der Waals surface area (Å²) in [6.07, 6.45) is 4.39. The first-order valence-electron chi connectivity index (χ1n) is 6.05. The molecule has 16 heavy (non-hydrogen) atoms. The van der Waals surface area contributed by atoms with Crippen LogP contribution in [0.3, 0.4) is 0 Å². The van der Waals surface area contributed by atoms with Gasteiger partial charge in [0.15, 0.2) is 0 Å². The average molecular weight is 219 g/mol. The lowest BCUT2D eigenvalue weighted by atomic mass is 9.81. The van der Waals surface area contributed by atoms with Gasteiger partial charge in [0, 0.05) is 12.7 Å². The monoisotopic (exact) mass is 219 g/mol. The van der Waals surface area contributed by atoms with Gasteiger partial charge >= 0.3 is 0 Å². The van der Waals surface area contributed by atoms with E-state index in [0.717, 1.165) is 25.5 Å². The Labute approximate surface area is 97.7 Å². The van der Waals surface area contributed by atoms with Crippen molar-refractivity contribution in [3.63, 3.8) is 0 Å². The predicted octanol–water partition coefficient (Wildman–Crippen LogP) is 2.19. The summed E-state index contributed by atoms with van der Waals surface area (Å²) in [4.78, 5) is 4.37. The molecule has 1 fully saturated rings. The van der Waals surface area contributed by atoms with Crippen LogP contribution in [0.5, 0.6) is 0 Å². The van der Waals surface area contributed by atoms with Gasteiger partial charge in [-0.1, -0.05) is 13.0 Å². The number of aromatic nitrogens is 1. The third-order valence-electron chi connectivity index (χ3n) is 3.42. The van der Waals surface area contributed by atoms with E-state index in [1.807, 2.05) is 6.20 Å². The first-order valence-corrected chi connectivity index (χ1v) is 6.05. The van der Waals surface area contributed by atoms with Crippen molar-refractivity contribution < 1.29 is 0 Å². The number of anilines is 1. The van der Waals surface area contributed by atoms with Gasteiger partial charge in [-0.3, -0.25) is 0 Å². The molecule has 3 heteroatoms. The van der Waals surface area contributed by atoms with Crippen LogP contribution in [0.15, 0.2) is 18.3 Å². The number of rotatable bonds is 3. The molecule has 0 spiro atoms. The van der Waals surface area contributed by atoms with E-state index in [2.05, 4.69) is 41.6 Å². The van der Waals surface area contributed by atoms with Crippen LogP contribution in [0.1, 0.15) is 25.3 Å². The highest BCUT2D eigenvalue weighted by Crippen LogP contribution is 2.27. The van der Waals surface area contributed by atoms with Crippen molar-refractivity contribution in [2.45, 2.75) is 26.7 Å². The third-order valence-corrected chi connectivity index (χ3v) is 3.42. The molecule has 2 rings (SSSR count). The number of hydrogen-bond donors (Lipinski definition) is 2. The van der Waals surface area contributed by atoms with Crippen LogP contribution in [-0.2, 0) is 0 Å². The molecule has 1 saturated heterocycles. The summed E-state index contributed by atoms with van der Waals surface area (Å²) < 4.78 is 0. The molecule has 0 aliphatic carbocycles. The summed E-state index contributed by atoms with van der Waals surface area (Å²) in [5, 5.41) is 6.85. The fraction of sp³-hybridized carbons (Fsp3) is 0.615. The van der Waals surface area contributed by atoms with Crippen molar-refractivity contribution >= 4 is 5.82 Å². The summed E-state index contributed by atoms with van der Waals surface area (Å²) in [6.45, 7) is 7.71. The van der Waals surface area contributed by atoms with Crippen LogP contribution in [0.2, 0.25) is 0 Å². The predicted molar refractivity (Wildman–Crippen MR) is 67.7 cm³/mol. The second-order valence-electron chi connectivity index (χ2n) is 5.14. The van der Waals surface area contributed by atoms with Gasteiger partial charge in [0.1, 0.15) is 5.82 Å². The summed E-state index contributed by atoms with van der Waals surface area (Å²) >= 11 is 0. The molecule has 0 radical (unpaired) electrons. The molecule has 2 N–H and O–H groups in total. The zero-order chi connectivity index (χ0) is 11.4. The lowest BCUT2D eigenvalue weighted by Gasteiger charge is -2.34. The molecule has 0 unspecified atom stereocenters. The topological polar surface area (TPSA) is 37.0 Å². The van der Waals surface area contributed by atoms with Crippen molar-refractivity contribution in [1.82, 2.24) is 10.3 Å². The Morgan fingerprint density at radius 1 is 1.38 bits per heavy atom. The van der Waals surface area contributed by atoms with Gasteiger partial charge in [-0.25, -0.2) is 4.98 Å². The minimum absolute atomic E-state index is 0.415. The first kappa shape index (κ1) is 11.4. The largest absolute Gasteiger partial charge is 0.370 e. The minimum atomic E-state index is 0.415. The van der Waals surface area contributed by atoms with Crippen molar-refractivity contribution in [3.05, 3.63) is 23.9 Å². The quantitative estimate of drug-likeness (QED) is 0.818. The van der Waals surface area contributed by atoms with Crippen LogP contribution >= 0.6 is 0 Å².